The quantitative estimate of drug-likeness (QED) is 0.795. The van der Waals surface area contributed by atoms with E-state index in [9.17, 15) is 0 Å². The van der Waals surface area contributed by atoms with Crippen LogP contribution in [0.2, 0.25) is 0 Å². The molecule has 24 heavy (non-hydrogen) atoms. The van der Waals surface area contributed by atoms with E-state index in [-0.39, 0.29) is 12.0 Å². The van der Waals surface area contributed by atoms with Crippen molar-refractivity contribution in [2.45, 2.75) is 39.2 Å². The zero-order valence-corrected chi connectivity index (χ0v) is 15.0. The van der Waals surface area contributed by atoms with Crippen molar-refractivity contribution in [1.82, 2.24) is 9.80 Å². The molecule has 3 rings (SSSR count). The van der Waals surface area contributed by atoms with Gasteiger partial charge in [0.15, 0.2) is 0 Å². The van der Waals surface area contributed by atoms with Crippen molar-refractivity contribution >= 4 is 5.84 Å². The molecule has 0 spiro atoms. The van der Waals surface area contributed by atoms with Crippen LogP contribution in [0.25, 0.3) is 0 Å². The Kier molecular flexibility index (Phi) is 4.82. The van der Waals surface area contributed by atoms with Gasteiger partial charge in [-0.3, -0.25) is 0 Å². The molecule has 0 saturated carbocycles. The van der Waals surface area contributed by atoms with Gasteiger partial charge in [0.1, 0.15) is 5.84 Å². The summed E-state index contributed by atoms with van der Waals surface area (Å²) in [5.41, 5.74) is 11.0. The van der Waals surface area contributed by atoms with E-state index in [0.717, 1.165) is 43.9 Å². The van der Waals surface area contributed by atoms with Crippen LogP contribution in [0.4, 0.5) is 0 Å². The highest BCUT2D eigenvalue weighted by Crippen LogP contribution is 2.38. The van der Waals surface area contributed by atoms with Gasteiger partial charge in [0, 0.05) is 62.4 Å². The van der Waals surface area contributed by atoms with E-state index in [1.165, 1.54) is 17.0 Å². The van der Waals surface area contributed by atoms with Crippen LogP contribution in [0, 0.1) is 24.7 Å². The fourth-order valence-electron chi connectivity index (χ4n) is 3.67. The highest BCUT2D eigenvalue weighted by molar-refractivity contribution is 5.91. The zero-order valence-electron chi connectivity index (χ0n) is 15.0. The smallest absolute Gasteiger partial charge is 0.109 e. The third kappa shape index (κ3) is 3.01. The van der Waals surface area contributed by atoms with E-state index in [4.69, 9.17) is 10.7 Å². The standard InChI is InChI=1S/C20H27N4/c1-5-6-8-16-10-11-18-14(2)23(4)15(3)22-19(18)20(16)24-12-7-9-17(21)13-24/h10-11,16-17H,3,7-9,12-13,21H2,1-2,4H3/t16?,17-/m1/s1. The first kappa shape index (κ1) is 16.9. The van der Waals surface area contributed by atoms with Crippen LogP contribution in [-0.2, 0) is 0 Å². The van der Waals surface area contributed by atoms with E-state index in [1.54, 1.807) is 0 Å². The Morgan fingerprint density at radius 3 is 2.96 bits per heavy atom. The second kappa shape index (κ2) is 6.86. The van der Waals surface area contributed by atoms with Crippen LogP contribution < -0.4 is 5.73 Å². The molecular weight excluding hydrogens is 296 g/mol. The third-order valence-corrected chi connectivity index (χ3v) is 5.16. The summed E-state index contributed by atoms with van der Waals surface area (Å²) in [5.74, 6) is 7.33. The molecule has 2 aliphatic heterocycles. The number of fused-ring (bicyclic) bond motifs is 1. The second-order valence-electron chi connectivity index (χ2n) is 6.76. The van der Waals surface area contributed by atoms with Crippen molar-refractivity contribution in [3.63, 3.8) is 0 Å². The molecule has 3 aliphatic rings. The number of nitrogens with zero attached hydrogens (tertiary/aromatic N) is 3. The molecular formula is C20H27N4. The van der Waals surface area contributed by atoms with Gasteiger partial charge >= 0.3 is 0 Å². The van der Waals surface area contributed by atoms with E-state index < -0.39 is 0 Å². The lowest BCUT2D eigenvalue weighted by atomic mass is 9.87. The van der Waals surface area contributed by atoms with Gasteiger partial charge in [-0.15, -0.1) is 11.8 Å². The van der Waals surface area contributed by atoms with Gasteiger partial charge in [0.25, 0.3) is 0 Å². The Morgan fingerprint density at radius 2 is 2.25 bits per heavy atom. The maximum atomic E-state index is 6.24. The van der Waals surface area contributed by atoms with Gasteiger partial charge in [-0.25, -0.2) is 4.99 Å². The molecule has 2 heterocycles. The van der Waals surface area contributed by atoms with Crippen molar-refractivity contribution in [3.8, 4) is 11.8 Å². The number of nitrogens with two attached hydrogens (primary N) is 1. The van der Waals surface area contributed by atoms with E-state index in [2.05, 4.69) is 47.6 Å². The Bertz CT molecular complexity index is 699. The minimum Gasteiger partial charge on any atom is -0.371 e. The Labute approximate surface area is 145 Å². The predicted molar refractivity (Wildman–Crippen MR) is 99.8 cm³/mol. The number of allylic oxidation sites excluding steroid dienone is 3. The topological polar surface area (TPSA) is 44.9 Å². The van der Waals surface area contributed by atoms with Crippen LogP contribution in [-0.4, -0.2) is 41.8 Å². The maximum Gasteiger partial charge on any atom is 0.109 e. The molecule has 4 nitrogen and oxygen atoms in total. The summed E-state index contributed by atoms with van der Waals surface area (Å²) >= 11 is 0. The van der Waals surface area contributed by atoms with Crippen LogP contribution in [0.1, 0.15) is 33.1 Å². The average Bonchev–Trinajstić information content (AvgIpc) is 2.57. The Hall–Kier alpha value is -1.99. The van der Waals surface area contributed by atoms with Gasteiger partial charge in [-0.1, -0.05) is 12.2 Å². The molecule has 1 radical (unpaired) electrons. The number of amidine groups is 1. The van der Waals surface area contributed by atoms with Gasteiger partial charge in [-0.2, -0.15) is 0 Å². The molecule has 0 amide bonds. The lowest BCUT2D eigenvalue weighted by molar-refractivity contribution is 0.239. The molecule has 1 fully saturated rings. The van der Waals surface area contributed by atoms with Crippen LogP contribution in [0.3, 0.4) is 0 Å². The van der Waals surface area contributed by atoms with Crippen LogP contribution >= 0.6 is 0 Å². The number of rotatable bonds is 2. The summed E-state index contributed by atoms with van der Waals surface area (Å²) in [4.78, 5) is 9.33. The molecule has 0 aromatic heterocycles. The number of hydrogen-bond acceptors (Lipinski definition) is 4. The second-order valence-corrected chi connectivity index (χ2v) is 6.76. The molecule has 127 valence electrons. The van der Waals surface area contributed by atoms with Crippen molar-refractivity contribution in [2.24, 2.45) is 16.6 Å². The van der Waals surface area contributed by atoms with E-state index in [1.807, 2.05) is 14.0 Å². The minimum atomic E-state index is 0.235. The molecule has 1 unspecified atom stereocenters. The first-order chi connectivity index (χ1) is 11.5. The molecule has 4 heteroatoms. The molecule has 1 aliphatic carbocycles. The normalized spacial score (nSPS) is 27.0. The fourth-order valence-corrected chi connectivity index (χ4v) is 3.67. The Morgan fingerprint density at radius 1 is 1.46 bits per heavy atom. The van der Waals surface area contributed by atoms with Crippen LogP contribution in [0.15, 0.2) is 39.8 Å². The minimum absolute atomic E-state index is 0.235. The monoisotopic (exact) mass is 323 g/mol. The van der Waals surface area contributed by atoms with Gasteiger partial charge in [0.2, 0.25) is 0 Å². The van der Waals surface area contributed by atoms with Gasteiger partial charge < -0.3 is 15.5 Å². The highest BCUT2D eigenvalue weighted by atomic mass is 15.2. The summed E-state index contributed by atoms with van der Waals surface area (Å²) < 4.78 is 0. The molecule has 0 bridgehead atoms. The number of piperidine rings is 1. The van der Waals surface area contributed by atoms with Crippen LogP contribution in [0.5, 0.6) is 0 Å². The molecule has 1 saturated heterocycles. The first-order valence-electron chi connectivity index (χ1n) is 8.71. The zero-order chi connectivity index (χ0) is 17.3. The lowest BCUT2D eigenvalue weighted by Crippen LogP contribution is -2.44. The van der Waals surface area contributed by atoms with Crippen molar-refractivity contribution in [1.29, 1.82) is 0 Å². The summed E-state index contributed by atoms with van der Waals surface area (Å²) in [7, 11) is 2.02. The van der Waals surface area contributed by atoms with E-state index in [0.29, 0.717) is 0 Å². The van der Waals surface area contributed by atoms with E-state index >= 15 is 0 Å². The van der Waals surface area contributed by atoms with Crippen molar-refractivity contribution in [3.05, 3.63) is 41.7 Å². The highest BCUT2D eigenvalue weighted by Gasteiger charge is 2.32. The SMILES string of the molecule is [CH2]C1=NC2=C(N3CCC[C@@H](N)C3)C(CC#CC)C=CC2=C(C)N1C. The maximum absolute atomic E-state index is 6.24. The van der Waals surface area contributed by atoms with Gasteiger partial charge in [-0.05, 0) is 26.7 Å². The van der Waals surface area contributed by atoms with Crippen molar-refractivity contribution < 1.29 is 0 Å². The first-order valence-corrected chi connectivity index (χ1v) is 8.71. The Balaban J connectivity index is 2.08. The number of hydrogen-bond donors (Lipinski definition) is 1. The number of aliphatic imine (C=N–C) groups is 1. The molecule has 0 aromatic rings. The summed E-state index contributed by atoms with van der Waals surface area (Å²) in [6, 6.07) is 0.235. The average molecular weight is 323 g/mol. The summed E-state index contributed by atoms with van der Waals surface area (Å²) in [5, 5.41) is 0. The van der Waals surface area contributed by atoms with Gasteiger partial charge in [0.05, 0.1) is 5.70 Å². The molecule has 2 atom stereocenters. The summed E-state index contributed by atoms with van der Waals surface area (Å²) in [6.45, 7) is 10.1. The fraction of sp³-hybridized carbons (Fsp3) is 0.500. The molecule has 2 N–H and O–H groups in total. The van der Waals surface area contributed by atoms with Crippen molar-refractivity contribution in [2.75, 3.05) is 20.1 Å². The largest absolute Gasteiger partial charge is 0.371 e. The molecule has 0 aromatic carbocycles. The third-order valence-electron chi connectivity index (χ3n) is 5.16. The lowest BCUT2D eigenvalue weighted by Gasteiger charge is -2.40. The number of likely N-dealkylation sites (tertiary alicyclic amines) is 1. The summed E-state index contributed by atoms with van der Waals surface area (Å²) in [6.07, 6.45) is 7.53. The predicted octanol–water partition coefficient (Wildman–Crippen LogP) is 2.67.